The van der Waals surface area contributed by atoms with Gasteiger partial charge in [0.25, 0.3) is 5.91 Å². The normalized spacial score (nSPS) is 13.1. The van der Waals surface area contributed by atoms with Crippen LogP contribution in [0.25, 0.3) is 28.3 Å². The smallest absolute Gasteiger partial charge is 0.308 e. The lowest BCUT2D eigenvalue weighted by atomic mass is 9.94. The van der Waals surface area contributed by atoms with Gasteiger partial charge in [-0.3, -0.25) is 9.59 Å². The zero-order valence-corrected chi connectivity index (χ0v) is 21.4. The fraction of sp³-hybridized carbons (Fsp3) is 0.310. The zero-order chi connectivity index (χ0) is 27.1. The molecule has 0 unspecified atom stereocenters. The van der Waals surface area contributed by atoms with Crippen LogP contribution in [0.2, 0.25) is 0 Å². The Bertz CT molecular complexity index is 1250. The topological polar surface area (TPSA) is 101 Å². The van der Waals surface area contributed by atoms with Crippen LogP contribution in [0, 0.1) is 5.82 Å². The Kier molecular flexibility index (Phi) is 9.38. The Morgan fingerprint density at radius 1 is 1.03 bits per heavy atom. The van der Waals surface area contributed by atoms with E-state index in [-0.39, 0.29) is 30.6 Å². The number of nitrogens with zero attached hydrogens (tertiary/aromatic N) is 1. The summed E-state index contributed by atoms with van der Waals surface area (Å²) in [5, 5.41) is 23.5. The van der Waals surface area contributed by atoms with Gasteiger partial charge in [-0.2, -0.15) is 0 Å². The van der Waals surface area contributed by atoms with E-state index in [0.717, 1.165) is 5.56 Å². The number of nitrogens with one attached hydrogen (secondary N) is 1. The van der Waals surface area contributed by atoms with Crippen molar-refractivity contribution >= 4 is 18.0 Å². The molecule has 0 bridgehead atoms. The fourth-order valence-corrected chi connectivity index (χ4v) is 4.36. The van der Waals surface area contributed by atoms with Gasteiger partial charge in [-0.15, -0.1) is 0 Å². The van der Waals surface area contributed by atoms with Crippen LogP contribution in [0.1, 0.15) is 48.9 Å². The highest BCUT2D eigenvalue weighted by atomic mass is 19.1. The molecule has 0 spiro atoms. The van der Waals surface area contributed by atoms with E-state index < -0.39 is 18.2 Å². The summed E-state index contributed by atoms with van der Waals surface area (Å²) in [5.41, 5.74) is 3.97. The Morgan fingerprint density at radius 3 is 2.22 bits per heavy atom. The van der Waals surface area contributed by atoms with Gasteiger partial charge < -0.3 is 24.8 Å². The van der Waals surface area contributed by atoms with Gasteiger partial charge >= 0.3 is 5.97 Å². The van der Waals surface area contributed by atoms with Crippen LogP contribution in [0.5, 0.6) is 0 Å². The monoisotopic (exact) mass is 508 g/mol. The maximum absolute atomic E-state index is 13.8. The summed E-state index contributed by atoms with van der Waals surface area (Å²) in [4.78, 5) is 24.7. The van der Waals surface area contributed by atoms with Gasteiger partial charge in [0.05, 0.1) is 25.7 Å². The fourth-order valence-electron chi connectivity index (χ4n) is 4.36. The molecule has 1 amide bonds. The minimum Gasteiger partial charge on any atom is -0.469 e. The first-order valence-corrected chi connectivity index (χ1v) is 12.1. The van der Waals surface area contributed by atoms with E-state index in [4.69, 9.17) is 0 Å². The van der Waals surface area contributed by atoms with Gasteiger partial charge in [0.2, 0.25) is 0 Å². The van der Waals surface area contributed by atoms with E-state index >= 15 is 0 Å². The number of hydrogen-bond acceptors (Lipinski definition) is 5. The van der Waals surface area contributed by atoms with Crippen molar-refractivity contribution in [2.45, 2.75) is 44.9 Å². The third kappa shape index (κ3) is 6.53. The van der Waals surface area contributed by atoms with Crippen molar-refractivity contribution in [3.8, 4) is 22.3 Å². The van der Waals surface area contributed by atoms with Crippen molar-refractivity contribution in [2.75, 3.05) is 14.2 Å². The third-order valence-corrected chi connectivity index (χ3v) is 6.02. The first-order chi connectivity index (χ1) is 17.7. The van der Waals surface area contributed by atoms with E-state index in [0.29, 0.717) is 28.1 Å². The maximum Gasteiger partial charge on any atom is 0.308 e. The molecule has 3 aromatic rings. The summed E-state index contributed by atoms with van der Waals surface area (Å²) in [5.74, 6) is -1.24. The second kappa shape index (κ2) is 12.5. The molecule has 0 radical (unpaired) electrons. The lowest BCUT2D eigenvalue weighted by Crippen LogP contribution is -2.23. The maximum atomic E-state index is 13.8. The second-order valence-corrected chi connectivity index (χ2v) is 9.00. The van der Waals surface area contributed by atoms with Crippen molar-refractivity contribution in [2.24, 2.45) is 0 Å². The molecule has 0 saturated heterocycles. The number of aliphatic hydroxyl groups is 2. The largest absolute Gasteiger partial charge is 0.469 e. The number of carbonyl (C=O) groups is 2. The van der Waals surface area contributed by atoms with Crippen molar-refractivity contribution in [3.05, 3.63) is 77.9 Å². The highest BCUT2D eigenvalue weighted by Crippen LogP contribution is 2.42. The molecule has 1 aromatic heterocycles. The number of halogens is 1. The van der Waals surface area contributed by atoms with Crippen molar-refractivity contribution in [1.29, 1.82) is 0 Å². The number of ether oxygens (including phenoxy) is 1. The first-order valence-electron chi connectivity index (χ1n) is 12.1. The highest BCUT2D eigenvalue weighted by Gasteiger charge is 2.29. The molecular weight excluding hydrogens is 475 g/mol. The number of hydrogen-bond donors (Lipinski definition) is 3. The summed E-state index contributed by atoms with van der Waals surface area (Å²) in [7, 11) is 2.80. The van der Waals surface area contributed by atoms with Crippen LogP contribution in [-0.4, -0.2) is 53.0 Å². The molecule has 8 heteroatoms. The molecule has 196 valence electrons. The predicted octanol–water partition coefficient (Wildman–Crippen LogP) is 4.59. The van der Waals surface area contributed by atoms with Crippen molar-refractivity contribution in [3.63, 3.8) is 0 Å². The number of aromatic nitrogens is 1. The minimum atomic E-state index is -1.08. The molecule has 1 heterocycles. The van der Waals surface area contributed by atoms with Gasteiger partial charge in [-0.05, 0) is 43.2 Å². The molecule has 2 atom stereocenters. The summed E-state index contributed by atoms with van der Waals surface area (Å²) in [6.45, 7) is 3.90. The van der Waals surface area contributed by atoms with Crippen LogP contribution in [0.4, 0.5) is 4.39 Å². The molecule has 7 nitrogen and oxygen atoms in total. The standard InChI is InChI=1S/C29H33FN2O5/c1-18(2)32-24(15-14-22(33)16-23(34)17-25(35)37-4)26(20-10-12-21(30)13-11-20)27(28(32)29(36)31-3)19-8-6-5-7-9-19/h5-15,18,22-23,33-34H,16-17H2,1-4H3,(H,31,36)/b15-14+/t22-,23-/m1/s1. The number of amides is 1. The molecule has 0 saturated carbocycles. The van der Waals surface area contributed by atoms with Crippen LogP contribution >= 0.6 is 0 Å². The van der Waals surface area contributed by atoms with Gasteiger partial charge in [-0.1, -0.05) is 48.5 Å². The average molecular weight is 509 g/mol. The SMILES string of the molecule is CNC(=O)c1c(-c2ccccc2)c(-c2ccc(F)cc2)c(/C=C/[C@@H](O)C[C@@H](O)CC(=O)OC)n1C(C)C. The second-order valence-electron chi connectivity index (χ2n) is 9.00. The van der Waals surface area contributed by atoms with Crippen molar-refractivity contribution < 1.29 is 28.9 Å². The summed E-state index contributed by atoms with van der Waals surface area (Å²) in [6, 6.07) is 15.4. The minimum absolute atomic E-state index is 0.0757. The van der Waals surface area contributed by atoms with Crippen LogP contribution in [-0.2, 0) is 9.53 Å². The van der Waals surface area contributed by atoms with E-state index in [1.165, 1.54) is 25.3 Å². The summed E-state index contributed by atoms with van der Waals surface area (Å²) in [6.07, 6.45) is 0.760. The van der Waals surface area contributed by atoms with Crippen LogP contribution in [0.3, 0.4) is 0 Å². The molecular formula is C29H33FN2O5. The molecule has 2 aromatic carbocycles. The number of esters is 1. The Hall–Kier alpha value is -3.75. The molecule has 0 aliphatic carbocycles. The van der Waals surface area contributed by atoms with E-state index in [9.17, 15) is 24.2 Å². The highest BCUT2D eigenvalue weighted by molar-refractivity contribution is 6.06. The molecule has 0 aliphatic heterocycles. The lowest BCUT2D eigenvalue weighted by molar-refractivity contribution is -0.143. The Balaban J connectivity index is 2.24. The summed E-state index contributed by atoms with van der Waals surface area (Å²) < 4.78 is 20.3. The zero-order valence-electron chi connectivity index (χ0n) is 21.4. The molecule has 3 N–H and O–H groups in total. The summed E-state index contributed by atoms with van der Waals surface area (Å²) >= 11 is 0. The number of methoxy groups -OCH3 is 1. The molecule has 0 aliphatic rings. The predicted molar refractivity (Wildman–Crippen MR) is 141 cm³/mol. The van der Waals surface area contributed by atoms with Gasteiger partial charge in [0.15, 0.2) is 0 Å². The van der Waals surface area contributed by atoms with Gasteiger partial charge in [-0.25, -0.2) is 4.39 Å². The quantitative estimate of drug-likeness (QED) is 0.348. The van der Waals surface area contributed by atoms with Crippen LogP contribution in [0.15, 0.2) is 60.7 Å². The number of rotatable bonds is 10. The molecule has 37 heavy (non-hydrogen) atoms. The van der Waals surface area contributed by atoms with Crippen molar-refractivity contribution in [1.82, 2.24) is 9.88 Å². The number of aliphatic hydroxyl groups excluding tert-OH is 2. The average Bonchev–Trinajstić information content (AvgIpc) is 3.23. The molecule has 0 fully saturated rings. The Labute approximate surface area is 216 Å². The molecule has 3 rings (SSSR count). The lowest BCUT2D eigenvalue weighted by Gasteiger charge is -2.17. The van der Waals surface area contributed by atoms with Gasteiger partial charge in [0, 0.05) is 36.3 Å². The van der Waals surface area contributed by atoms with Gasteiger partial charge in [0.1, 0.15) is 11.5 Å². The van der Waals surface area contributed by atoms with E-state index in [1.54, 1.807) is 25.3 Å². The Morgan fingerprint density at radius 2 is 1.65 bits per heavy atom. The number of benzene rings is 2. The van der Waals surface area contributed by atoms with Crippen LogP contribution < -0.4 is 5.32 Å². The number of carbonyl (C=O) groups excluding carboxylic acids is 2. The van der Waals surface area contributed by atoms with E-state index in [2.05, 4.69) is 10.1 Å². The third-order valence-electron chi connectivity index (χ3n) is 6.02. The first kappa shape index (κ1) is 27.8. The van der Waals surface area contributed by atoms with E-state index in [1.807, 2.05) is 48.7 Å².